The Morgan fingerprint density at radius 1 is 0.536 bits per heavy atom. The molecule has 56 heavy (non-hydrogen) atoms. The van der Waals surface area contributed by atoms with Crippen LogP contribution in [0.25, 0.3) is 0 Å². The quantitative estimate of drug-likeness (QED) is 0.0328. The van der Waals surface area contributed by atoms with Crippen LogP contribution in [0.1, 0.15) is 194 Å². The van der Waals surface area contributed by atoms with E-state index >= 15 is 0 Å². The normalized spacial score (nSPS) is 14.2. The van der Waals surface area contributed by atoms with E-state index in [2.05, 4.69) is 68.6 Å². The molecule has 3 unspecified atom stereocenters. The highest BCUT2D eigenvalue weighted by atomic mass is 16.5. The van der Waals surface area contributed by atoms with E-state index in [1.165, 1.54) is 64.2 Å². The van der Waals surface area contributed by atoms with Gasteiger partial charge in [-0.1, -0.05) is 202 Å². The molecule has 0 aliphatic heterocycles. The lowest BCUT2D eigenvalue weighted by molar-refractivity contribution is -0.151. The number of hydrogen-bond donors (Lipinski definition) is 3. The molecule has 0 aromatic carbocycles. The fourth-order valence-corrected chi connectivity index (χ4v) is 6.44. The first kappa shape index (κ1) is 53.0. The maximum Gasteiger partial charge on any atom is 0.306 e. The van der Waals surface area contributed by atoms with Gasteiger partial charge in [-0.15, -0.1) is 0 Å². The van der Waals surface area contributed by atoms with Crippen molar-refractivity contribution >= 4 is 11.9 Å². The second kappa shape index (κ2) is 43.2. The van der Waals surface area contributed by atoms with Crippen molar-refractivity contribution in [1.29, 1.82) is 0 Å². The lowest BCUT2D eigenvalue weighted by atomic mass is 10.0. The Morgan fingerprint density at radius 2 is 0.964 bits per heavy atom. The summed E-state index contributed by atoms with van der Waals surface area (Å²) in [6.07, 6.45) is 55.0. The van der Waals surface area contributed by atoms with E-state index in [9.17, 15) is 19.8 Å². The van der Waals surface area contributed by atoms with Gasteiger partial charge in [0, 0.05) is 6.42 Å². The molecule has 0 saturated heterocycles. The molecule has 3 atom stereocenters. The van der Waals surface area contributed by atoms with Crippen molar-refractivity contribution in [3.63, 3.8) is 0 Å². The summed E-state index contributed by atoms with van der Waals surface area (Å²) in [4.78, 5) is 26.0. The third kappa shape index (κ3) is 37.9. The first-order valence-electron chi connectivity index (χ1n) is 22.9. The molecule has 0 aliphatic rings. The molecule has 0 heterocycles. The van der Waals surface area contributed by atoms with E-state index in [4.69, 9.17) is 4.74 Å². The van der Waals surface area contributed by atoms with Crippen molar-refractivity contribution in [2.75, 3.05) is 6.61 Å². The zero-order valence-corrected chi connectivity index (χ0v) is 36.2. The second-order valence-electron chi connectivity index (χ2n) is 15.2. The monoisotopic (exact) mass is 780 g/mol. The number of ether oxygens (including phenoxy) is 1. The van der Waals surface area contributed by atoms with Crippen molar-refractivity contribution in [2.45, 2.75) is 212 Å². The number of amides is 1. The van der Waals surface area contributed by atoms with Gasteiger partial charge in [-0.3, -0.25) is 9.59 Å². The van der Waals surface area contributed by atoms with E-state index < -0.39 is 18.2 Å². The number of unbranched alkanes of at least 4 members (excludes halogenated alkanes) is 18. The lowest BCUT2D eigenvalue weighted by Crippen LogP contribution is -2.46. The van der Waals surface area contributed by atoms with E-state index in [0.29, 0.717) is 19.3 Å². The van der Waals surface area contributed by atoms with E-state index in [0.717, 1.165) is 83.5 Å². The highest BCUT2D eigenvalue weighted by Crippen LogP contribution is 2.17. The van der Waals surface area contributed by atoms with Crippen LogP contribution in [0.4, 0.5) is 0 Å². The van der Waals surface area contributed by atoms with Gasteiger partial charge in [0.25, 0.3) is 0 Å². The third-order valence-electron chi connectivity index (χ3n) is 9.88. The predicted octanol–water partition coefficient (Wildman–Crippen LogP) is 13.2. The number of nitrogens with one attached hydrogen (secondary N) is 1. The van der Waals surface area contributed by atoms with Crippen LogP contribution >= 0.6 is 0 Å². The number of aliphatic hydroxyl groups excluding tert-OH is 2. The number of rotatable bonds is 39. The maximum atomic E-state index is 13.1. The van der Waals surface area contributed by atoms with Crippen molar-refractivity contribution in [2.24, 2.45) is 0 Å². The topological polar surface area (TPSA) is 95.9 Å². The molecule has 0 spiro atoms. The average molecular weight is 780 g/mol. The molecule has 0 rings (SSSR count). The Bertz CT molecular complexity index is 1100. The van der Waals surface area contributed by atoms with Crippen LogP contribution < -0.4 is 5.32 Å². The van der Waals surface area contributed by atoms with E-state index in [1.807, 2.05) is 42.5 Å². The summed E-state index contributed by atoms with van der Waals surface area (Å²) in [5, 5.41) is 23.6. The van der Waals surface area contributed by atoms with Crippen molar-refractivity contribution in [3.05, 3.63) is 85.1 Å². The lowest BCUT2D eigenvalue weighted by Gasteiger charge is -2.24. The molecule has 0 aliphatic carbocycles. The van der Waals surface area contributed by atoms with Crippen LogP contribution in [0.15, 0.2) is 85.1 Å². The van der Waals surface area contributed by atoms with Gasteiger partial charge in [0.1, 0.15) is 6.10 Å². The van der Waals surface area contributed by atoms with E-state index in [-0.39, 0.29) is 24.9 Å². The van der Waals surface area contributed by atoms with E-state index in [1.54, 1.807) is 0 Å². The second-order valence-corrected chi connectivity index (χ2v) is 15.2. The van der Waals surface area contributed by atoms with Crippen molar-refractivity contribution in [3.8, 4) is 0 Å². The number of allylic oxidation sites excluding steroid dienone is 14. The summed E-state index contributed by atoms with van der Waals surface area (Å²) < 4.78 is 5.86. The van der Waals surface area contributed by atoms with Crippen molar-refractivity contribution < 1.29 is 24.5 Å². The molecular formula is C50H85NO5. The Labute approximate surface area is 344 Å². The summed E-state index contributed by atoms with van der Waals surface area (Å²) >= 11 is 0. The number of carbonyl (C=O) groups is 2. The minimum Gasteiger partial charge on any atom is -0.462 e. The zero-order chi connectivity index (χ0) is 41.0. The minimum atomic E-state index is -0.807. The molecule has 0 aromatic rings. The highest BCUT2D eigenvalue weighted by molar-refractivity contribution is 5.77. The van der Waals surface area contributed by atoms with Crippen LogP contribution in [-0.2, 0) is 14.3 Å². The predicted molar refractivity (Wildman–Crippen MR) is 241 cm³/mol. The molecule has 0 radical (unpaired) electrons. The van der Waals surface area contributed by atoms with Crippen molar-refractivity contribution in [1.82, 2.24) is 5.32 Å². The van der Waals surface area contributed by atoms with Gasteiger partial charge in [-0.25, -0.2) is 0 Å². The third-order valence-corrected chi connectivity index (χ3v) is 9.88. The fraction of sp³-hybridized carbons (Fsp3) is 0.680. The molecular weight excluding hydrogens is 695 g/mol. The Morgan fingerprint density at radius 3 is 1.46 bits per heavy atom. The van der Waals surface area contributed by atoms with Crippen LogP contribution in [0.3, 0.4) is 0 Å². The van der Waals surface area contributed by atoms with Gasteiger partial charge in [0.2, 0.25) is 5.91 Å². The Balaban J connectivity index is 4.69. The van der Waals surface area contributed by atoms with Gasteiger partial charge in [-0.05, 0) is 64.2 Å². The zero-order valence-electron chi connectivity index (χ0n) is 36.2. The molecule has 6 nitrogen and oxygen atoms in total. The van der Waals surface area contributed by atoms with Gasteiger partial charge in [-0.2, -0.15) is 0 Å². The SMILES string of the molecule is CC/C=C/C=C/C=C\C=C/CCCCCC(=O)OC(CCCCC\C=C/C=C/C=C/CC)CC(=O)NC(CO)C(O)CCCCCCCCCCCCCCC. The molecule has 0 bridgehead atoms. The van der Waals surface area contributed by atoms with Crippen LogP contribution in [0.5, 0.6) is 0 Å². The summed E-state index contributed by atoms with van der Waals surface area (Å²) in [6, 6.07) is -0.724. The average Bonchev–Trinajstić information content (AvgIpc) is 3.19. The minimum absolute atomic E-state index is 0.0338. The van der Waals surface area contributed by atoms with Crippen LogP contribution in [-0.4, -0.2) is 46.9 Å². The maximum absolute atomic E-state index is 13.1. The molecule has 320 valence electrons. The Hall–Kier alpha value is -2.96. The largest absolute Gasteiger partial charge is 0.462 e. The summed E-state index contributed by atoms with van der Waals surface area (Å²) in [7, 11) is 0. The number of hydrogen-bond acceptors (Lipinski definition) is 5. The highest BCUT2D eigenvalue weighted by Gasteiger charge is 2.24. The fourth-order valence-electron chi connectivity index (χ4n) is 6.44. The van der Waals surface area contributed by atoms with Crippen LogP contribution in [0, 0.1) is 0 Å². The van der Waals surface area contributed by atoms with Crippen LogP contribution in [0.2, 0.25) is 0 Å². The van der Waals surface area contributed by atoms with Gasteiger partial charge < -0.3 is 20.3 Å². The molecule has 0 fully saturated rings. The molecule has 0 aromatic heterocycles. The molecule has 0 saturated carbocycles. The summed E-state index contributed by atoms with van der Waals surface area (Å²) in [6.45, 7) is 6.16. The summed E-state index contributed by atoms with van der Waals surface area (Å²) in [5.74, 6) is -0.565. The number of esters is 1. The first-order valence-corrected chi connectivity index (χ1v) is 22.9. The summed E-state index contributed by atoms with van der Waals surface area (Å²) in [5.41, 5.74) is 0. The smallest absolute Gasteiger partial charge is 0.306 e. The molecule has 3 N–H and O–H groups in total. The van der Waals surface area contributed by atoms with Gasteiger partial charge in [0.15, 0.2) is 0 Å². The molecule has 6 heteroatoms. The van der Waals surface area contributed by atoms with Gasteiger partial charge in [0.05, 0.1) is 25.2 Å². The van der Waals surface area contributed by atoms with Gasteiger partial charge >= 0.3 is 5.97 Å². The molecule has 1 amide bonds. The number of carbonyl (C=O) groups excluding carboxylic acids is 2. The standard InChI is InChI=1S/C50H85NO5/c1-4-7-10-13-16-19-22-24-27-30-33-36-39-42-48(53)47(45-52)51-49(54)44-46(41-38-35-32-29-26-21-18-15-12-9-6-3)56-50(55)43-40-37-34-31-28-25-23-20-17-14-11-8-5-2/h8-9,11-12,14-15,17-18,20-21,23,25-26,28,46-48,52-53H,4-7,10,13,16,19,22,24,27,29-45H2,1-3H3,(H,51,54)/b11-8+,12-9+,17-14+,18-15+,23-20-,26-21-,28-25-. The first-order chi connectivity index (χ1) is 27.5. The number of aliphatic hydroxyl groups is 2. The Kier molecular flexibility index (Phi) is 40.9.